The van der Waals surface area contributed by atoms with E-state index in [1.807, 2.05) is 13.0 Å². The fourth-order valence-corrected chi connectivity index (χ4v) is 2.96. The number of methoxy groups -OCH3 is 1. The molecule has 20 heavy (non-hydrogen) atoms. The van der Waals surface area contributed by atoms with E-state index < -0.39 is 10.0 Å². The number of aromatic nitrogens is 1. The van der Waals surface area contributed by atoms with Crippen molar-refractivity contribution >= 4 is 15.8 Å². The first kappa shape index (κ1) is 14.4. The lowest BCUT2D eigenvalue weighted by molar-refractivity contribution is 0.399. The summed E-state index contributed by atoms with van der Waals surface area (Å²) in [7, 11) is -2.34. The zero-order chi connectivity index (χ0) is 14.8. The maximum Gasteiger partial charge on any atom is 0.266 e. The van der Waals surface area contributed by atoms with E-state index in [0.717, 1.165) is 12.0 Å². The number of sulfonamides is 1. The second-order valence-corrected chi connectivity index (χ2v) is 5.92. The van der Waals surface area contributed by atoms with E-state index in [0.29, 0.717) is 5.76 Å². The van der Waals surface area contributed by atoms with Gasteiger partial charge >= 0.3 is 0 Å². The van der Waals surface area contributed by atoms with E-state index in [9.17, 15) is 8.42 Å². The Morgan fingerprint density at radius 1 is 1.35 bits per heavy atom. The molecule has 6 nitrogen and oxygen atoms in total. The molecule has 1 heterocycles. The van der Waals surface area contributed by atoms with Gasteiger partial charge in [0.25, 0.3) is 10.0 Å². The zero-order valence-corrected chi connectivity index (χ0v) is 12.3. The molecule has 2 rings (SSSR count). The SMILES string of the molecule is CCc1ccc(OC)c(S(=O)(=O)Nc2cc(C)on2)c1. The molecule has 0 saturated heterocycles. The molecule has 0 unspecified atom stereocenters. The molecule has 0 saturated carbocycles. The van der Waals surface area contributed by atoms with Gasteiger partial charge in [-0.1, -0.05) is 18.1 Å². The van der Waals surface area contributed by atoms with Crippen LogP contribution in [0.25, 0.3) is 0 Å². The van der Waals surface area contributed by atoms with Crippen molar-refractivity contribution in [3.8, 4) is 5.75 Å². The fourth-order valence-electron chi connectivity index (χ4n) is 1.76. The van der Waals surface area contributed by atoms with Gasteiger partial charge in [0.15, 0.2) is 5.82 Å². The highest BCUT2D eigenvalue weighted by atomic mass is 32.2. The largest absolute Gasteiger partial charge is 0.495 e. The number of hydrogen-bond donors (Lipinski definition) is 1. The summed E-state index contributed by atoms with van der Waals surface area (Å²) in [5.74, 6) is 0.957. The highest BCUT2D eigenvalue weighted by Gasteiger charge is 2.21. The Bertz CT molecular complexity index is 707. The van der Waals surface area contributed by atoms with Crippen LogP contribution in [0.3, 0.4) is 0 Å². The van der Waals surface area contributed by atoms with Gasteiger partial charge in [0.05, 0.1) is 7.11 Å². The minimum absolute atomic E-state index is 0.0833. The molecule has 108 valence electrons. The van der Waals surface area contributed by atoms with E-state index >= 15 is 0 Å². The third kappa shape index (κ3) is 2.93. The van der Waals surface area contributed by atoms with Crippen LogP contribution in [0.2, 0.25) is 0 Å². The van der Waals surface area contributed by atoms with Crippen LogP contribution in [-0.4, -0.2) is 20.7 Å². The van der Waals surface area contributed by atoms with Crippen molar-refractivity contribution in [2.45, 2.75) is 25.2 Å². The normalized spacial score (nSPS) is 11.3. The molecule has 0 radical (unpaired) electrons. The smallest absolute Gasteiger partial charge is 0.266 e. The molecule has 0 aliphatic carbocycles. The predicted molar refractivity (Wildman–Crippen MR) is 74.4 cm³/mol. The minimum atomic E-state index is -3.77. The van der Waals surface area contributed by atoms with E-state index in [2.05, 4.69) is 9.88 Å². The maximum absolute atomic E-state index is 12.4. The van der Waals surface area contributed by atoms with Crippen molar-refractivity contribution in [3.05, 3.63) is 35.6 Å². The summed E-state index contributed by atoms with van der Waals surface area (Å²) in [6.45, 7) is 3.63. The molecule has 0 bridgehead atoms. The molecule has 0 fully saturated rings. The van der Waals surface area contributed by atoms with Gasteiger partial charge in [0.1, 0.15) is 16.4 Å². The number of nitrogens with one attached hydrogen (secondary N) is 1. The summed E-state index contributed by atoms with van der Waals surface area (Å²) in [4.78, 5) is 0.0833. The topological polar surface area (TPSA) is 81.4 Å². The van der Waals surface area contributed by atoms with Crippen molar-refractivity contribution < 1.29 is 17.7 Å². The van der Waals surface area contributed by atoms with Gasteiger partial charge in [0.2, 0.25) is 0 Å². The van der Waals surface area contributed by atoms with E-state index in [-0.39, 0.29) is 16.5 Å². The van der Waals surface area contributed by atoms with Gasteiger partial charge < -0.3 is 9.26 Å². The first-order chi connectivity index (χ1) is 9.46. The summed E-state index contributed by atoms with van der Waals surface area (Å²) in [5.41, 5.74) is 0.905. The molecule has 1 N–H and O–H groups in total. The van der Waals surface area contributed by atoms with Crippen molar-refractivity contribution in [3.63, 3.8) is 0 Å². The van der Waals surface area contributed by atoms with Crippen LogP contribution in [0.1, 0.15) is 18.2 Å². The van der Waals surface area contributed by atoms with Crippen LogP contribution in [0.5, 0.6) is 5.75 Å². The lowest BCUT2D eigenvalue weighted by atomic mass is 10.2. The van der Waals surface area contributed by atoms with Crippen molar-refractivity contribution in [2.75, 3.05) is 11.8 Å². The van der Waals surface area contributed by atoms with Crippen molar-refractivity contribution in [1.29, 1.82) is 0 Å². The lowest BCUT2D eigenvalue weighted by Crippen LogP contribution is -2.14. The van der Waals surface area contributed by atoms with Crippen LogP contribution in [0, 0.1) is 6.92 Å². The number of benzene rings is 1. The van der Waals surface area contributed by atoms with Crippen molar-refractivity contribution in [1.82, 2.24) is 5.16 Å². The van der Waals surface area contributed by atoms with E-state index in [1.54, 1.807) is 19.1 Å². The Hall–Kier alpha value is -2.02. The van der Waals surface area contributed by atoms with Crippen LogP contribution < -0.4 is 9.46 Å². The van der Waals surface area contributed by atoms with Gasteiger partial charge in [-0.25, -0.2) is 8.42 Å². The summed E-state index contributed by atoms with van der Waals surface area (Å²) in [5, 5.41) is 3.62. The second kappa shape index (κ2) is 5.54. The first-order valence-corrected chi connectivity index (χ1v) is 7.57. The number of hydrogen-bond acceptors (Lipinski definition) is 5. The highest BCUT2D eigenvalue weighted by Crippen LogP contribution is 2.27. The molecule has 2 aromatic rings. The average Bonchev–Trinajstić information content (AvgIpc) is 2.82. The minimum Gasteiger partial charge on any atom is -0.495 e. The van der Waals surface area contributed by atoms with E-state index in [4.69, 9.17) is 9.26 Å². The van der Waals surface area contributed by atoms with Crippen LogP contribution >= 0.6 is 0 Å². The molecular formula is C13H16N2O4S. The van der Waals surface area contributed by atoms with Gasteiger partial charge in [-0.2, -0.15) is 0 Å². The predicted octanol–water partition coefficient (Wildman–Crippen LogP) is 2.35. The molecular weight excluding hydrogens is 280 g/mol. The summed E-state index contributed by atoms with van der Waals surface area (Å²) in [6.07, 6.45) is 0.732. The van der Waals surface area contributed by atoms with Crippen LogP contribution in [0.15, 0.2) is 33.7 Å². The molecule has 0 aliphatic rings. The van der Waals surface area contributed by atoms with Gasteiger partial charge in [0, 0.05) is 6.07 Å². The molecule has 0 amide bonds. The number of aryl methyl sites for hydroxylation is 2. The number of rotatable bonds is 5. The zero-order valence-electron chi connectivity index (χ0n) is 11.5. The summed E-state index contributed by atoms with van der Waals surface area (Å²) in [6, 6.07) is 6.57. The third-order valence-electron chi connectivity index (χ3n) is 2.79. The Balaban J connectivity index is 2.42. The van der Waals surface area contributed by atoms with Gasteiger partial charge in [-0.15, -0.1) is 0 Å². The molecule has 1 aromatic carbocycles. The van der Waals surface area contributed by atoms with Crippen molar-refractivity contribution in [2.24, 2.45) is 0 Å². The van der Waals surface area contributed by atoms with Crippen LogP contribution in [-0.2, 0) is 16.4 Å². The molecule has 0 spiro atoms. The molecule has 7 heteroatoms. The fraction of sp³-hybridized carbons (Fsp3) is 0.308. The first-order valence-electron chi connectivity index (χ1n) is 6.09. The summed E-state index contributed by atoms with van der Waals surface area (Å²) < 4.78 is 37.1. The Morgan fingerprint density at radius 2 is 2.10 bits per heavy atom. The molecule has 0 aliphatic heterocycles. The van der Waals surface area contributed by atoms with Gasteiger partial charge in [-0.05, 0) is 31.0 Å². The Kier molecular flexibility index (Phi) is 3.99. The maximum atomic E-state index is 12.4. The molecule has 1 aromatic heterocycles. The highest BCUT2D eigenvalue weighted by molar-refractivity contribution is 7.92. The lowest BCUT2D eigenvalue weighted by Gasteiger charge is -2.11. The average molecular weight is 296 g/mol. The number of anilines is 1. The molecule has 0 atom stereocenters. The number of nitrogens with zero attached hydrogens (tertiary/aromatic N) is 1. The number of ether oxygens (including phenoxy) is 1. The third-order valence-corrected chi connectivity index (χ3v) is 4.17. The quantitative estimate of drug-likeness (QED) is 0.916. The Labute approximate surface area is 117 Å². The standard InChI is InChI=1S/C13H16N2O4S/c1-4-10-5-6-11(18-3)12(8-10)20(16,17)15-13-7-9(2)19-14-13/h5-8H,4H2,1-3H3,(H,14,15). The van der Waals surface area contributed by atoms with Gasteiger partial charge in [-0.3, -0.25) is 4.72 Å². The second-order valence-electron chi connectivity index (χ2n) is 4.27. The van der Waals surface area contributed by atoms with E-state index in [1.165, 1.54) is 13.2 Å². The monoisotopic (exact) mass is 296 g/mol. The Morgan fingerprint density at radius 3 is 2.65 bits per heavy atom. The van der Waals surface area contributed by atoms with Crippen LogP contribution in [0.4, 0.5) is 5.82 Å². The summed E-state index contributed by atoms with van der Waals surface area (Å²) >= 11 is 0.